The topological polar surface area (TPSA) is 67.2 Å². The third-order valence-corrected chi connectivity index (χ3v) is 6.36. The second kappa shape index (κ2) is 7.70. The van der Waals surface area contributed by atoms with Gasteiger partial charge in [-0.15, -0.1) is 0 Å². The molecule has 5 rings (SSSR count). The van der Waals surface area contributed by atoms with Crippen LogP contribution in [0.1, 0.15) is 37.2 Å². The first-order chi connectivity index (χ1) is 14.6. The molecule has 7 heteroatoms. The van der Waals surface area contributed by atoms with Crippen LogP contribution in [0.25, 0.3) is 16.7 Å². The Labute approximate surface area is 176 Å². The van der Waals surface area contributed by atoms with E-state index >= 15 is 0 Å². The Morgan fingerprint density at radius 3 is 2.50 bits per heavy atom. The number of aryl methyl sites for hydroxylation is 2. The lowest BCUT2D eigenvalue weighted by molar-refractivity contribution is -0.137. The summed E-state index contributed by atoms with van der Waals surface area (Å²) in [5.74, 6) is 2.28. The quantitative estimate of drug-likeness (QED) is 0.670. The van der Waals surface area contributed by atoms with Gasteiger partial charge in [-0.05, 0) is 45.2 Å². The first-order valence-electron chi connectivity index (χ1n) is 10.9. The summed E-state index contributed by atoms with van der Waals surface area (Å²) in [6, 6.07) is 10.1. The van der Waals surface area contributed by atoms with E-state index in [1.807, 2.05) is 48.9 Å². The van der Waals surface area contributed by atoms with Gasteiger partial charge in [-0.3, -0.25) is 4.79 Å². The number of hydrogen-bond donors (Lipinski definition) is 0. The lowest BCUT2D eigenvalue weighted by Crippen LogP contribution is -2.41. The second-order valence-corrected chi connectivity index (χ2v) is 8.42. The summed E-state index contributed by atoms with van der Waals surface area (Å²) in [7, 11) is 0. The number of amides is 1. The lowest BCUT2D eigenvalue weighted by Gasteiger charge is -2.31. The number of nitrogens with zero attached hydrogens (tertiary/aromatic N) is 6. The largest absolute Gasteiger partial charge is 0.354 e. The second-order valence-electron chi connectivity index (χ2n) is 8.42. The van der Waals surface area contributed by atoms with Gasteiger partial charge in [-0.1, -0.05) is 24.6 Å². The molecule has 1 aromatic carbocycles. The van der Waals surface area contributed by atoms with Crippen molar-refractivity contribution in [2.45, 2.75) is 39.5 Å². The van der Waals surface area contributed by atoms with Gasteiger partial charge >= 0.3 is 0 Å². The van der Waals surface area contributed by atoms with Crippen molar-refractivity contribution in [3.63, 3.8) is 0 Å². The maximum absolute atomic E-state index is 12.7. The van der Waals surface area contributed by atoms with Crippen molar-refractivity contribution in [2.24, 2.45) is 5.92 Å². The van der Waals surface area contributed by atoms with Crippen LogP contribution < -0.4 is 4.90 Å². The molecule has 0 spiro atoms. The molecule has 2 aliphatic rings. The number of carbonyl (C=O) groups excluding carboxylic acids is 1. The van der Waals surface area contributed by atoms with Gasteiger partial charge in [0.25, 0.3) is 0 Å². The smallest absolute Gasteiger partial charge is 0.225 e. The van der Waals surface area contributed by atoms with Crippen molar-refractivity contribution < 1.29 is 4.79 Å². The molecule has 1 saturated heterocycles. The van der Waals surface area contributed by atoms with E-state index < -0.39 is 0 Å². The molecule has 0 atom stereocenters. The Kier molecular flexibility index (Phi) is 4.89. The minimum absolute atomic E-state index is 0.260. The van der Waals surface area contributed by atoms with E-state index in [1.165, 1.54) is 6.42 Å². The lowest BCUT2D eigenvalue weighted by atomic mass is 9.84. The van der Waals surface area contributed by atoms with Crippen molar-refractivity contribution >= 4 is 22.8 Å². The van der Waals surface area contributed by atoms with Gasteiger partial charge in [-0.2, -0.15) is 5.10 Å². The molecular weight excluding hydrogens is 376 g/mol. The fourth-order valence-corrected chi connectivity index (χ4v) is 4.51. The van der Waals surface area contributed by atoms with Crippen LogP contribution in [0.2, 0.25) is 0 Å². The highest BCUT2D eigenvalue weighted by Crippen LogP contribution is 2.31. The monoisotopic (exact) mass is 404 g/mol. The molecule has 156 valence electrons. The minimum Gasteiger partial charge on any atom is -0.354 e. The average Bonchev–Trinajstić information content (AvgIpc) is 2.89. The number of rotatable bonds is 3. The molecule has 0 unspecified atom stereocenters. The van der Waals surface area contributed by atoms with Crippen LogP contribution >= 0.6 is 0 Å². The summed E-state index contributed by atoms with van der Waals surface area (Å²) in [5, 5.41) is 5.79. The van der Waals surface area contributed by atoms with Gasteiger partial charge in [0.1, 0.15) is 11.6 Å². The molecule has 3 heterocycles. The zero-order chi connectivity index (χ0) is 20.7. The number of aromatic nitrogens is 4. The summed E-state index contributed by atoms with van der Waals surface area (Å²) in [5.41, 5.74) is 2.76. The molecule has 3 aromatic rings. The van der Waals surface area contributed by atoms with E-state index in [0.29, 0.717) is 5.91 Å². The van der Waals surface area contributed by atoms with Crippen LogP contribution in [0, 0.1) is 19.8 Å². The fraction of sp³-hybridized carbons (Fsp3) is 0.478. The van der Waals surface area contributed by atoms with E-state index in [4.69, 9.17) is 15.1 Å². The van der Waals surface area contributed by atoms with Crippen molar-refractivity contribution in [1.82, 2.24) is 24.6 Å². The van der Waals surface area contributed by atoms with E-state index in [1.54, 1.807) is 0 Å². The van der Waals surface area contributed by atoms with Gasteiger partial charge in [0, 0.05) is 32.1 Å². The van der Waals surface area contributed by atoms with Crippen molar-refractivity contribution in [3.8, 4) is 5.69 Å². The Bertz CT molecular complexity index is 1070. The van der Waals surface area contributed by atoms with Gasteiger partial charge in [-0.25, -0.2) is 14.6 Å². The van der Waals surface area contributed by atoms with Crippen LogP contribution in [0.15, 0.2) is 30.3 Å². The molecule has 0 radical (unpaired) electrons. The molecule has 2 aromatic heterocycles. The van der Waals surface area contributed by atoms with Crippen LogP contribution in [0.4, 0.5) is 5.82 Å². The normalized spacial score (nSPS) is 17.8. The van der Waals surface area contributed by atoms with Gasteiger partial charge in [0.05, 0.1) is 16.8 Å². The Balaban J connectivity index is 1.48. The summed E-state index contributed by atoms with van der Waals surface area (Å²) in [6.07, 6.45) is 4.26. The number of anilines is 1. The zero-order valence-electron chi connectivity index (χ0n) is 17.7. The molecule has 7 nitrogen and oxygen atoms in total. The summed E-state index contributed by atoms with van der Waals surface area (Å²) < 4.78 is 1.91. The SMILES string of the molecule is Cc1nc(N2CCCN(C(=O)C3CCC3)CC2)c2c(C)nn(-c3ccccc3)c2n1. The number of carbonyl (C=O) groups is 1. The molecular formula is C23H28N6O. The first kappa shape index (κ1) is 19.0. The van der Waals surface area contributed by atoms with Crippen LogP contribution in [-0.4, -0.2) is 56.7 Å². The van der Waals surface area contributed by atoms with Crippen LogP contribution in [0.5, 0.6) is 0 Å². The van der Waals surface area contributed by atoms with Gasteiger partial charge < -0.3 is 9.80 Å². The molecule has 1 amide bonds. The summed E-state index contributed by atoms with van der Waals surface area (Å²) >= 11 is 0. The summed E-state index contributed by atoms with van der Waals surface area (Å²) in [4.78, 5) is 26.7. The third kappa shape index (κ3) is 3.32. The van der Waals surface area contributed by atoms with Crippen LogP contribution in [-0.2, 0) is 4.79 Å². The van der Waals surface area contributed by atoms with Crippen molar-refractivity contribution in [2.75, 3.05) is 31.1 Å². The van der Waals surface area contributed by atoms with Crippen LogP contribution in [0.3, 0.4) is 0 Å². The highest BCUT2D eigenvalue weighted by molar-refractivity contribution is 5.91. The first-order valence-corrected chi connectivity index (χ1v) is 10.9. The van der Waals surface area contributed by atoms with Crippen molar-refractivity contribution in [3.05, 3.63) is 41.9 Å². The highest BCUT2D eigenvalue weighted by atomic mass is 16.2. The molecule has 1 saturated carbocycles. The molecule has 0 bridgehead atoms. The molecule has 2 fully saturated rings. The Morgan fingerprint density at radius 1 is 0.967 bits per heavy atom. The number of hydrogen-bond acceptors (Lipinski definition) is 5. The molecule has 30 heavy (non-hydrogen) atoms. The van der Waals surface area contributed by atoms with E-state index in [-0.39, 0.29) is 5.92 Å². The third-order valence-electron chi connectivity index (χ3n) is 6.36. The zero-order valence-corrected chi connectivity index (χ0v) is 17.7. The van der Waals surface area contributed by atoms with Gasteiger partial charge in [0.15, 0.2) is 5.65 Å². The van der Waals surface area contributed by atoms with E-state index in [0.717, 1.165) is 79.5 Å². The maximum Gasteiger partial charge on any atom is 0.225 e. The van der Waals surface area contributed by atoms with Crippen molar-refractivity contribution in [1.29, 1.82) is 0 Å². The molecule has 0 N–H and O–H groups in total. The number of para-hydroxylation sites is 1. The Hall–Kier alpha value is -2.96. The standard InChI is InChI=1S/C23H28N6O/c1-16-20-21(27-12-7-13-28(15-14-27)23(30)18-8-6-9-18)24-17(2)25-22(20)29(26-16)19-10-4-3-5-11-19/h3-5,10-11,18H,6-9,12-15H2,1-2H3. The summed E-state index contributed by atoms with van der Waals surface area (Å²) in [6.45, 7) is 7.22. The fourth-order valence-electron chi connectivity index (χ4n) is 4.51. The van der Waals surface area contributed by atoms with Gasteiger partial charge in [0.2, 0.25) is 5.91 Å². The highest BCUT2D eigenvalue weighted by Gasteiger charge is 2.31. The van der Waals surface area contributed by atoms with E-state index in [2.05, 4.69) is 9.80 Å². The minimum atomic E-state index is 0.260. The predicted octanol–water partition coefficient (Wildman–Crippen LogP) is 3.27. The maximum atomic E-state index is 12.7. The average molecular weight is 405 g/mol. The molecule has 1 aliphatic heterocycles. The molecule has 1 aliphatic carbocycles. The van der Waals surface area contributed by atoms with E-state index in [9.17, 15) is 4.79 Å². The number of fused-ring (bicyclic) bond motifs is 1. The predicted molar refractivity (Wildman–Crippen MR) is 117 cm³/mol. The Morgan fingerprint density at radius 2 is 1.77 bits per heavy atom. The number of benzene rings is 1.